The normalized spacial score (nSPS) is 14.8. The van der Waals surface area contributed by atoms with Crippen LogP contribution in [-0.4, -0.2) is 53.9 Å². The van der Waals surface area contributed by atoms with Crippen LogP contribution in [0, 0.1) is 17.6 Å². The number of halogens is 2. The molecule has 0 atom stereocenters. The summed E-state index contributed by atoms with van der Waals surface area (Å²) < 4.78 is 27.1. The first kappa shape index (κ1) is 21.7. The van der Waals surface area contributed by atoms with Gasteiger partial charge in [-0.3, -0.25) is 14.9 Å². The number of benzene rings is 2. The fourth-order valence-corrected chi connectivity index (χ4v) is 3.99. The summed E-state index contributed by atoms with van der Waals surface area (Å²) in [5.74, 6) is -1.50. The van der Waals surface area contributed by atoms with Gasteiger partial charge < -0.3 is 10.2 Å². The second kappa shape index (κ2) is 9.72. The van der Waals surface area contributed by atoms with Gasteiger partial charge >= 0.3 is 0 Å². The van der Waals surface area contributed by atoms with Crippen molar-refractivity contribution in [3.8, 4) is 11.1 Å². The van der Waals surface area contributed by atoms with Crippen molar-refractivity contribution >= 4 is 17.8 Å². The van der Waals surface area contributed by atoms with Crippen LogP contribution in [0.5, 0.6) is 0 Å². The number of amides is 1. The largest absolute Gasteiger partial charge is 0.384 e. The van der Waals surface area contributed by atoms with Crippen LogP contribution in [-0.2, 0) is 0 Å². The zero-order valence-corrected chi connectivity index (χ0v) is 17.8. The van der Waals surface area contributed by atoms with Gasteiger partial charge in [-0.05, 0) is 48.6 Å². The maximum absolute atomic E-state index is 13.9. The Hall–Kier alpha value is -3.55. The number of piperidine rings is 1. The molecule has 0 radical (unpaired) electrons. The number of likely N-dealkylation sites (tertiary alicyclic amines) is 1. The van der Waals surface area contributed by atoms with E-state index >= 15 is 0 Å². The maximum Gasteiger partial charge on any atom is 0.256 e. The molecule has 0 aliphatic carbocycles. The van der Waals surface area contributed by atoms with Crippen LogP contribution in [0.4, 0.5) is 14.5 Å². The molecule has 1 aromatic heterocycles. The third-order valence-corrected chi connectivity index (χ3v) is 5.80. The van der Waals surface area contributed by atoms with Crippen LogP contribution in [0.1, 0.15) is 28.8 Å². The lowest BCUT2D eigenvalue weighted by Crippen LogP contribution is -2.40. The van der Waals surface area contributed by atoms with Crippen molar-refractivity contribution in [2.45, 2.75) is 12.8 Å². The Kier molecular flexibility index (Phi) is 6.58. The number of carbonyl (C=O) groups excluding carboxylic acids is 1. The fourth-order valence-electron chi connectivity index (χ4n) is 3.99. The molecule has 32 heavy (non-hydrogen) atoms. The first-order valence-corrected chi connectivity index (χ1v) is 10.6. The molecule has 1 amide bonds. The maximum atomic E-state index is 13.9. The highest BCUT2D eigenvalue weighted by atomic mass is 19.1. The molecule has 2 N–H and O–H groups in total. The van der Waals surface area contributed by atoms with E-state index < -0.39 is 11.6 Å². The summed E-state index contributed by atoms with van der Waals surface area (Å²) in [6, 6.07) is 9.22. The molecule has 0 bridgehead atoms. The molecular weight excluding hydrogens is 412 g/mol. The van der Waals surface area contributed by atoms with Crippen molar-refractivity contribution in [3.63, 3.8) is 0 Å². The highest BCUT2D eigenvalue weighted by Crippen LogP contribution is 2.26. The van der Waals surface area contributed by atoms with Crippen molar-refractivity contribution in [1.82, 2.24) is 15.1 Å². The van der Waals surface area contributed by atoms with Gasteiger partial charge in [-0.15, -0.1) is 0 Å². The van der Waals surface area contributed by atoms with E-state index in [9.17, 15) is 13.6 Å². The molecule has 1 fully saturated rings. The lowest BCUT2D eigenvalue weighted by atomic mass is 9.95. The van der Waals surface area contributed by atoms with Crippen LogP contribution in [0.3, 0.4) is 0 Å². The third kappa shape index (κ3) is 4.85. The van der Waals surface area contributed by atoms with Gasteiger partial charge in [0.15, 0.2) is 0 Å². The zero-order valence-electron chi connectivity index (χ0n) is 17.8. The van der Waals surface area contributed by atoms with Gasteiger partial charge in [-0.25, -0.2) is 8.78 Å². The van der Waals surface area contributed by atoms with E-state index in [1.165, 1.54) is 6.07 Å². The predicted octanol–water partition coefficient (Wildman–Crippen LogP) is 4.37. The van der Waals surface area contributed by atoms with Gasteiger partial charge in [0.1, 0.15) is 11.6 Å². The Labute approximate surface area is 185 Å². The summed E-state index contributed by atoms with van der Waals surface area (Å²) in [5, 5.41) is 10.3. The van der Waals surface area contributed by atoms with E-state index in [1.807, 2.05) is 24.5 Å². The number of rotatable bonds is 6. The lowest BCUT2D eigenvalue weighted by Gasteiger charge is -2.32. The molecule has 0 unspecified atom stereocenters. The van der Waals surface area contributed by atoms with E-state index in [2.05, 4.69) is 26.6 Å². The van der Waals surface area contributed by atoms with Crippen LogP contribution in [0.15, 0.2) is 53.8 Å². The van der Waals surface area contributed by atoms with Crippen molar-refractivity contribution in [2.24, 2.45) is 10.9 Å². The summed E-state index contributed by atoms with van der Waals surface area (Å²) in [6.45, 7) is 1.86. The number of aromatic nitrogens is 2. The van der Waals surface area contributed by atoms with Crippen molar-refractivity contribution in [3.05, 3.63) is 71.6 Å². The van der Waals surface area contributed by atoms with E-state index in [0.29, 0.717) is 19.0 Å². The SMILES string of the molecule is CN=Cc1cc(-c2cn[nH]c2)ccc1NCC1CCN(C(=O)c2ccc(F)cc2F)CC1. The zero-order chi connectivity index (χ0) is 22.5. The molecule has 0 saturated carbocycles. The molecular formula is C24H25F2N5O. The van der Waals surface area contributed by atoms with E-state index in [0.717, 1.165) is 53.9 Å². The standard InChI is InChI=1S/C24H25F2N5O/c1-27-13-18-10-17(19-14-29-30-15-19)2-5-23(18)28-12-16-6-8-31(9-7-16)24(32)21-4-3-20(25)11-22(21)26/h2-5,10-11,13-16,28H,6-9,12H2,1H3,(H,29,30). The molecule has 2 aromatic carbocycles. The number of carbonyl (C=O) groups is 1. The molecule has 6 nitrogen and oxygen atoms in total. The van der Waals surface area contributed by atoms with Gasteiger partial charge in [0, 0.05) is 62.0 Å². The molecule has 8 heteroatoms. The fraction of sp³-hybridized carbons (Fsp3) is 0.292. The summed E-state index contributed by atoms with van der Waals surface area (Å²) in [4.78, 5) is 18.4. The Bertz CT molecular complexity index is 1110. The number of hydrogen-bond donors (Lipinski definition) is 2. The molecule has 4 rings (SSSR count). The van der Waals surface area contributed by atoms with E-state index in [-0.39, 0.29) is 11.5 Å². The smallest absolute Gasteiger partial charge is 0.256 e. The second-order valence-electron chi connectivity index (χ2n) is 7.92. The number of nitrogens with zero attached hydrogens (tertiary/aromatic N) is 3. The van der Waals surface area contributed by atoms with E-state index in [1.54, 1.807) is 18.1 Å². The molecule has 1 saturated heterocycles. The first-order chi connectivity index (χ1) is 15.5. The van der Waals surface area contributed by atoms with Gasteiger partial charge in [0.25, 0.3) is 5.91 Å². The number of aromatic amines is 1. The Morgan fingerprint density at radius 1 is 1.22 bits per heavy atom. The van der Waals surface area contributed by atoms with Crippen LogP contribution < -0.4 is 5.32 Å². The van der Waals surface area contributed by atoms with Crippen LogP contribution >= 0.6 is 0 Å². The molecule has 2 heterocycles. The number of aliphatic imine (C=N–C) groups is 1. The summed E-state index contributed by atoms with van der Waals surface area (Å²) in [7, 11) is 1.74. The van der Waals surface area contributed by atoms with Gasteiger partial charge in [-0.2, -0.15) is 5.10 Å². The van der Waals surface area contributed by atoms with Crippen LogP contribution in [0.2, 0.25) is 0 Å². The molecule has 1 aliphatic rings. The Balaban J connectivity index is 1.35. The monoisotopic (exact) mass is 437 g/mol. The van der Waals surface area contributed by atoms with Crippen molar-refractivity contribution < 1.29 is 13.6 Å². The summed E-state index contributed by atoms with van der Waals surface area (Å²) in [5.41, 5.74) is 3.97. The van der Waals surface area contributed by atoms with Gasteiger partial charge in [0.2, 0.25) is 0 Å². The summed E-state index contributed by atoms with van der Waals surface area (Å²) >= 11 is 0. The minimum absolute atomic E-state index is 0.0795. The quantitative estimate of drug-likeness (QED) is 0.563. The second-order valence-corrected chi connectivity index (χ2v) is 7.92. The number of hydrogen-bond acceptors (Lipinski definition) is 4. The topological polar surface area (TPSA) is 73.4 Å². The number of nitrogens with one attached hydrogen (secondary N) is 2. The third-order valence-electron chi connectivity index (χ3n) is 5.80. The minimum atomic E-state index is -0.817. The molecule has 3 aromatic rings. The first-order valence-electron chi connectivity index (χ1n) is 10.6. The number of H-pyrrole nitrogens is 1. The minimum Gasteiger partial charge on any atom is -0.384 e. The lowest BCUT2D eigenvalue weighted by molar-refractivity contribution is 0.0690. The molecule has 1 aliphatic heterocycles. The average molecular weight is 437 g/mol. The Morgan fingerprint density at radius 3 is 2.72 bits per heavy atom. The Morgan fingerprint density at radius 2 is 2.03 bits per heavy atom. The number of anilines is 1. The van der Waals surface area contributed by atoms with Crippen LogP contribution in [0.25, 0.3) is 11.1 Å². The summed E-state index contributed by atoms with van der Waals surface area (Å²) in [6.07, 6.45) is 7.08. The van der Waals surface area contributed by atoms with Gasteiger partial charge in [0.05, 0.1) is 11.8 Å². The highest BCUT2D eigenvalue weighted by Gasteiger charge is 2.25. The van der Waals surface area contributed by atoms with Crippen molar-refractivity contribution in [1.29, 1.82) is 0 Å². The highest BCUT2D eigenvalue weighted by molar-refractivity contribution is 5.94. The van der Waals surface area contributed by atoms with E-state index in [4.69, 9.17) is 0 Å². The molecule has 0 spiro atoms. The van der Waals surface area contributed by atoms with Gasteiger partial charge in [-0.1, -0.05) is 6.07 Å². The molecule has 166 valence electrons. The average Bonchev–Trinajstić information content (AvgIpc) is 3.33. The predicted molar refractivity (Wildman–Crippen MR) is 121 cm³/mol. The van der Waals surface area contributed by atoms with Crippen molar-refractivity contribution in [2.75, 3.05) is 32.0 Å².